The predicted octanol–water partition coefficient (Wildman–Crippen LogP) is 6.07. The molecule has 0 amide bonds. The summed E-state index contributed by atoms with van der Waals surface area (Å²) < 4.78 is 14.3. The third kappa shape index (κ3) is 6.27. The van der Waals surface area contributed by atoms with Gasteiger partial charge in [0.15, 0.2) is 0 Å². The van der Waals surface area contributed by atoms with Crippen molar-refractivity contribution in [3.05, 3.63) is 81.0 Å². The first-order chi connectivity index (χ1) is 15.0. The molecule has 166 valence electrons. The summed E-state index contributed by atoms with van der Waals surface area (Å²) in [5, 5.41) is 6.89. The smallest absolute Gasteiger partial charge is 0.267 e. The van der Waals surface area contributed by atoms with Crippen molar-refractivity contribution in [3.63, 3.8) is 0 Å². The zero-order valence-corrected chi connectivity index (χ0v) is 19.1. The van der Waals surface area contributed by atoms with E-state index < -0.39 is 0 Å². The summed E-state index contributed by atoms with van der Waals surface area (Å²) in [6.07, 6.45) is 5.62. The van der Waals surface area contributed by atoms with E-state index in [1.165, 1.54) is 12.5 Å². The van der Waals surface area contributed by atoms with Crippen LogP contribution in [0.4, 0.5) is 10.1 Å². The van der Waals surface area contributed by atoms with E-state index in [0.717, 1.165) is 53.6 Å². The maximum absolute atomic E-state index is 14.3. The van der Waals surface area contributed by atoms with Gasteiger partial charge in [-0.15, -0.1) is 0 Å². The molecular weight excluding hydrogens is 389 g/mol. The molecule has 5 heteroatoms. The molecule has 0 bridgehead atoms. The highest BCUT2D eigenvalue weighted by Crippen LogP contribution is 2.27. The average Bonchev–Trinajstić information content (AvgIpc) is 2.80. The molecule has 1 heterocycles. The van der Waals surface area contributed by atoms with Crippen LogP contribution in [0.15, 0.2) is 47.3 Å². The van der Waals surface area contributed by atoms with Crippen LogP contribution in [0.3, 0.4) is 0 Å². The number of nitrogen functional groups attached to an aromatic ring is 1. The number of fused-ring (bicyclic) bond motifs is 1. The van der Waals surface area contributed by atoms with Crippen molar-refractivity contribution in [2.45, 2.75) is 66.2 Å². The summed E-state index contributed by atoms with van der Waals surface area (Å²) in [6.45, 7) is 8.25. The number of rotatable bonds is 3. The first-order valence-electron chi connectivity index (χ1n) is 11.3. The van der Waals surface area contributed by atoms with Gasteiger partial charge in [-0.1, -0.05) is 52.3 Å². The Morgan fingerprint density at radius 2 is 1.61 bits per heavy atom. The van der Waals surface area contributed by atoms with Crippen LogP contribution in [0.5, 0.6) is 0 Å². The zero-order chi connectivity index (χ0) is 22.8. The molecule has 4 nitrogen and oxygen atoms in total. The minimum absolute atomic E-state index is 0.0786. The fraction of sp³-hybridized carbons (Fsp3) is 0.385. The van der Waals surface area contributed by atoms with E-state index in [9.17, 15) is 9.18 Å². The molecule has 4 rings (SSSR count). The second-order valence-corrected chi connectivity index (χ2v) is 7.48. The number of benzene rings is 2. The molecule has 0 saturated heterocycles. The van der Waals surface area contributed by atoms with Gasteiger partial charge in [0.2, 0.25) is 0 Å². The second-order valence-electron chi connectivity index (χ2n) is 7.48. The van der Waals surface area contributed by atoms with Gasteiger partial charge in [0.05, 0.1) is 5.69 Å². The van der Waals surface area contributed by atoms with Crippen molar-refractivity contribution in [2.75, 3.05) is 5.73 Å². The van der Waals surface area contributed by atoms with E-state index in [-0.39, 0.29) is 11.4 Å². The van der Waals surface area contributed by atoms with Gasteiger partial charge in [-0.2, -0.15) is 5.10 Å². The van der Waals surface area contributed by atoms with Gasteiger partial charge < -0.3 is 5.73 Å². The van der Waals surface area contributed by atoms with Crippen LogP contribution >= 0.6 is 0 Å². The Morgan fingerprint density at radius 1 is 1.00 bits per heavy atom. The quantitative estimate of drug-likeness (QED) is 0.502. The molecule has 0 spiro atoms. The molecule has 1 aliphatic carbocycles. The molecule has 31 heavy (non-hydrogen) atoms. The van der Waals surface area contributed by atoms with Crippen LogP contribution in [-0.4, -0.2) is 10.2 Å². The van der Waals surface area contributed by atoms with Crippen LogP contribution in [0.25, 0.3) is 11.1 Å². The van der Waals surface area contributed by atoms with Gasteiger partial charge in [0.25, 0.3) is 5.56 Å². The lowest BCUT2D eigenvalue weighted by Gasteiger charge is -2.17. The Hall–Kier alpha value is -2.95. The molecule has 3 N–H and O–H groups in total. The minimum atomic E-state index is -0.269. The lowest BCUT2D eigenvalue weighted by atomic mass is 9.90. The average molecular weight is 424 g/mol. The maximum Gasteiger partial charge on any atom is 0.267 e. The van der Waals surface area contributed by atoms with E-state index in [2.05, 4.69) is 24.0 Å². The second kappa shape index (κ2) is 12.0. The largest absolute Gasteiger partial charge is 0.399 e. The first-order valence-corrected chi connectivity index (χ1v) is 11.3. The fourth-order valence-corrected chi connectivity index (χ4v) is 3.63. The van der Waals surface area contributed by atoms with E-state index in [1.54, 1.807) is 18.2 Å². The third-order valence-corrected chi connectivity index (χ3v) is 5.01. The summed E-state index contributed by atoms with van der Waals surface area (Å²) in [6, 6.07) is 12.3. The molecule has 0 atom stereocenters. The number of aromatic nitrogens is 2. The highest BCUT2D eigenvalue weighted by atomic mass is 19.1. The number of halogens is 1. The van der Waals surface area contributed by atoms with Crippen molar-refractivity contribution in [2.24, 2.45) is 0 Å². The van der Waals surface area contributed by atoms with Gasteiger partial charge in [0.1, 0.15) is 5.82 Å². The van der Waals surface area contributed by atoms with Crippen LogP contribution in [0.1, 0.15) is 69.3 Å². The zero-order valence-electron chi connectivity index (χ0n) is 19.1. The Morgan fingerprint density at radius 3 is 2.26 bits per heavy atom. The fourth-order valence-electron chi connectivity index (χ4n) is 3.63. The van der Waals surface area contributed by atoms with Crippen LogP contribution < -0.4 is 11.3 Å². The van der Waals surface area contributed by atoms with Crippen molar-refractivity contribution in [1.29, 1.82) is 0 Å². The van der Waals surface area contributed by atoms with Crippen molar-refractivity contribution >= 4 is 5.69 Å². The number of nitrogens with one attached hydrogen (secondary N) is 1. The molecule has 3 aromatic rings. The van der Waals surface area contributed by atoms with Gasteiger partial charge in [-0.25, -0.2) is 9.49 Å². The number of H-pyrrole nitrogens is 1. The molecule has 0 aliphatic heterocycles. The Kier molecular flexibility index (Phi) is 9.44. The number of nitrogens with zero attached hydrogens (tertiary/aromatic N) is 1. The first kappa shape index (κ1) is 24.3. The SMILES string of the molecule is CC.CCC.Nc1ccc(-c2cc(Cc3n[nH]c(=O)c4c3CCCC4)ccc2F)cc1. The number of hydrogen-bond donors (Lipinski definition) is 2. The number of nitrogens with two attached hydrogens (primary N) is 1. The monoisotopic (exact) mass is 423 g/mol. The Bertz CT molecular complexity index is 1030. The standard InChI is InChI=1S/C21H20FN3O.C3H8.C2H6/c22-19-10-5-13(11-18(19)14-6-8-15(23)9-7-14)12-20-16-3-1-2-4-17(16)21(26)25-24-20;1-3-2;1-2/h5-11H,1-4,12,23H2,(H,25,26);3H2,1-2H3;1-2H3. The van der Waals surface area contributed by atoms with Crippen LogP contribution in [0, 0.1) is 5.82 Å². The summed E-state index contributed by atoms with van der Waals surface area (Å²) in [4.78, 5) is 12.0. The highest BCUT2D eigenvalue weighted by molar-refractivity contribution is 5.67. The van der Waals surface area contributed by atoms with Crippen LogP contribution in [-0.2, 0) is 19.3 Å². The van der Waals surface area contributed by atoms with Gasteiger partial charge in [0, 0.05) is 23.2 Å². The predicted molar refractivity (Wildman–Crippen MR) is 128 cm³/mol. The molecule has 2 aromatic carbocycles. The summed E-state index contributed by atoms with van der Waals surface area (Å²) in [5.74, 6) is -0.269. The number of anilines is 1. The summed E-state index contributed by atoms with van der Waals surface area (Å²) >= 11 is 0. The normalized spacial score (nSPS) is 12.0. The number of aromatic amines is 1. The van der Waals surface area contributed by atoms with Crippen molar-refractivity contribution in [1.82, 2.24) is 10.2 Å². The molecular formula is C26H34FN3O. The third-order valence-electron chi connectivity index (χ3n) is 5.01. The molecule has 0 fully saturated rings. The topological polar surface area (TPSA) is 71.8 Å². The van der Waals surface area contributed by atoms with Crippen molar-refractivity contribution < 1.29 is 4.39 Å². The Balaban J connectivity index is 0.000000630. The van der Waals surface area contributed by atoms with E-state index in [0.29, 0.717) is 17.7 Å². The number of hydrogen-bond acceptors (Lipinski definition) is 3. The molecule has 1 aromatic heterocycles. The highest BCUT2D eigenvalue weighted by Gasteiger charge is 2.18. The Labute approximate surface area is 184 Å². The summed E-state index contributed by atoms with van der Waals surface area (Å²) in [7, 11) is 0. The maximum atomic E-state index is 14.3. The molecule has 0 unspecified atom stereocenters. The minimum Gasteiger partial charge on any atom is -0.399 e. The molecule has 0 saturated carbocycles. The van der Waals surface area contributed by atoms with Gasteiger partial charge in [-0.05, 0) is 66.6 Å². The van der Waals surface area contributed by atoms with E-state index >= 15 is 0 Å². The molecule has 0 radical (unpaired) electrons. The van der Waals surface area contributed by atoms with Gasteiger partial charge in [-0.3, -0.25) is 4.79 Å². The molecule has 1 aliphatic rings. The van der Waals surface area contributed by atoms with Crippen LogP contribution in [0.2, 0.25) is 0 Å². The van der Waals surface area contributed by atoms with Crippen molar-refractivity contribution in [3.8, 4) is 11.1 Å². The summed E-state index contributed by atoms with van der Waals surface area (Å²) in [5.41, 5.74) is 11.4. The lowest BCUT2D eigenvalue weighted by Crippen LogP contribution is -2.23. The lowest BCUT2D eigenvalue weighted by molar-refractivity contribution is 0.630. The van der Waals surface area contributed by atoms with Gasteiger partial charge >= 0.3 is 0 Å². The van der Waals surface area contributed by atoms with E-state index in [1.807, 2.05) is 32.0 Å². The van der Waals surface area contributed by atoms with E-state index in [4.69, 9.17) is 5.73 Å².